The number of halogens is 1. The molecular weight excluding hydrogens is 333 g/mol. The molecule has 2 fully saturated rings. The fraction of sp³-hybridized carbons (Fsp3) is 0.474. The first-order chi connectivity index (χ1) is 12.7. The minimum absolute atomic E-state index is 0.106. The zero-order chi connectivity index (χ0) is 17.9. The van der Waals surface area contributed by atoms with E-state index in [2.05, 4.69) is 15.3 Å². The number of hydrogen-bond acceptors (Lipinski definition) is 3. The maximum Gasteiger partial charge on any atom is 0.323 e. The van der Waals surface area contributed by atoms with Gasteiger partial charge >= 0.3 is 6.03 Å². The lowest BCUT2D eigenvalue weighted by atomic mass is 10.00. The van der Waals surface area contributed by atoms with Crippen molar-refractivity contribution in [3.63, 3.8) is 0 Å². The van der Waals surface area contributed by atoms with Crippen LogP contribution in [0.2, 0.25) is 0 Å². The molecule has 1 atom stereocenters. The van der Waals surface area contributed by atoms with Crippen molar-refractivity contribution < 1.29 is 9.18 Å². The Kier molecular flexibility index (Phi) is 4.88. The van der Waals surface area contributed by atoms with Crippen molar-refractivity contribution in [2.75, 3.05) is 31.5 Å². The maximum atomic E-state index is 13.9. The molecule has 2 amide bonds. The lowest BCUT2D eigenvalue weighted by Gasteiger charge is -2.43. The summed E-state index contributed by atoms with van der Waals surface area (Å²) in [6, 6.07) is 8.73. The summed E-state index contributed by atoms with van der Waals surface area (Å²) in [5.74, 6) is 0.318. The Labute approximate surface area is 152 Å². The van der Waals surface area contributed by atoms with E-state index in [0.717, 1.165) is 32.6 Å². The summed E-state index contributed by atoms with van der Waals surface area (Å²) in [5, 5.41) is 7.17. The standard InChI is InChI=1S/C19H24FN5O/c20-17-7-2-1-5-15(17)13-25-18(8-9-21-25)22-19(26)24-12-11-23-10-4-3-6-16(23)14-24/h1-2,5,7-9,16H,3-4,6,10-14H2,(H,22,26). The molecule has 0 radical (unpaired) electrons. The number of aromatic nitrogens is 2. The number of piperazine rings is 1. The van der Waals surface area contributed by atoms with Crippen molar-refractivity contribution in [3.05, 3.63) is 47.9 Å². The van der Waals surface area contributed by atoms with E-state index < -0.39 is 0 Å². The lowest BCUT2D eigenvalue weighted by molar-refractivity contribution is 0.0678. The number of carbonyl (C=O) groups is 1. The van der Waals surface area contributed by atoms with E-state index in [9.17, 15) is 9.18 Å². The predicted octanol–water partition coefficient (Wildman–Crippen LogP) is 2.77. The Bertz CT molecular complexity index is 777. The molecule has 4 rings (SSSR count). The average Bonchev–Trinajstić information content (AvgIpc) is 3.10. The van der Waals surface area contributed by atoms with Crippen LogP contribution < -0.4 is 5.32 Å². The highest BCUT2D eigenvalue weighted by atomic mass is 19.1. The molecule has 1 unspecified atom stereocenters. The largest absolute Gasteiger partial charge is 0.323 e. The van der Waals surface area contributed by atoms with Crippen LogP contribution in [0.3, 0.4) is 0 Å². The molecule has 1 aromatic heterocycles. The molecule has 0 spiro atoms. The van der Waals surface area contributed by atoms with Crippen LogP contribution in [0.1, 0.15) is 24.8 Å². The van der Waals surface area contributed by atoms with Gasteiger partial charge in [0.2, 0.25) is 0 Å². The molecule has 1 aromatic carbocycles. The topological polar surface area (TPSA) is 53.4 Å². The molecule has 3 heterocycles. The number of rotatable bonds is 3. The van der Waals surface area contributed by atoms with E-state index in [1.807, 2.05) is 4.90 Å². The minimum Gasteiger partial charge on any atom is -0.322 e. The van der Waals surface area contributed by atoms with Crippen molar-refractivity contribution in [2.24, 2.45) is 0 Å². The van der Waals surface area contributed by atoms with Gasteiger partial charge in [0.15, 0.2) is 0 Å². The third kappa shape index (κ3) is 3.58. The minimum atomic E-state index is -0.270. The van der Waals surface area contributed by atoms with Gasteiger partial charge in [-0.25, -0.2) is 13.9 Å². The highest BCUT2D eigenvalue weighted by molar-refractivity contribution is 5.88. The molecule has 0 aliphatic carbocycles. The number of hydrogen-bond donors (Lipinski definition) is 1. The zero-order valence-corrected chi connectivity index (χ0v) is 14.8. The number of urea groups is 1. The first-order valence-electron chi connectivity index (χ1n) is 9.26. The van der Waals surface area contributed by atoms with Gasteiger partial charge in [-0.3, -0.25) is 10.2 Å². The second kappa shape index (κ2) is 7.45. The van der Waals surface area contributed by atoms with Gasteiger partial charge < -0.3 is 4.90 Å². The number of amides is 2. The van der Waals surface area contributed by atoms with Crippen LogP contribution in [0.15, 0.2) is 36.5 Å². The van der Waals surface area contributed by atoms with Crippen molar-refractivity contribution in [2.45, 2.75) is 31.8 Å². The molecular formula is C19H24FN5O. The quantitative estimate of drug-likeness (QED) is 0.919. The summed E-state index contributed by atoms with van der Waals surface area (Å²) in [6.45, 7) is 3.88. The first kappa shape index (κ1) is 17.0. The van der Waals surface area contributed by atoms with E-state index in [-0.39, 0.29) is 18.4 Å². The third-order valence-electron chi connectivity index (χ3n) is 5.35. The molecule has 26 heavy (non-hydrogen) atoms. The predicted molar refractivity (Wildman–Crippen MR) is 97.5 cm³/mol. The van der Waals surface area contributed by atoms with Gasteiger partial charge in [-0.05, 0) is 25.5 Å². The Hall–Kier alpha value is -2.41. The number of nitrogens with one attached hydrogen (secondary N) is 1. The SMILES string of the molecule is O=C(Nc1ccnn1Cc1ccccc1F)N1CCN2CCCCC2C1. The normalized spacial score (nSPS) is 20.7. The van der Waals surface area contributed by atoms with Gasteiger partial charge in [-0.2, -0.15) is 5.10 Å². The zero-order valence-electron chi connectivity index (χ0n) is 14.8. The molecule has 2 aliphatic rings. The van der Waals surface area contributed by atoms with Crippen LogP contribution >= 0.6 is 0 Å². The van der Waals surface area contributed by atoms with Crippen LogP contribution in [0.5, 0.6) is 0 Å². The average molecular weight is 357 g/mol. The van der Waals surface area contributed by atoms with Crippen LogP contribution in [0, 0.1) is 5.82 Å². The summed E-state index contributed by atoms with van der Waals surface area (Å²) < 4.78 is 15.5. The Morgan fingerprint density at radius 1 is 1.19 bits per heavy atom. The monoisotopic (exact) mass is 357 g/mol. The molecule has 138 valence electrons. The van der Waals surface area contributed by atoms with E-state index >= 15 is 0 Å². The molecule has 0 bridgehead atoms. The summed E-state index contributed by atoms with van der Waals surface area (Å²) in [5.41, 5.74) is 0.544. The van der Waals surface area contributed by atoms with Gasteiger partial charge in [0.25, 0.3) is 0 Å². The van der Waals surface area contributed by atoms with Crippen molar-refractivity contribution in [1.82, 2.24) is 19.6 Å². The van der Waals surface area contributed by atoms with E-state index in [0.29, 0.717) is 17.4 Å². The van der Waals surface area contributed by atoms with Gasteiger partial charge in [0, 0.05) is 37.3 Å². The maximum absolute atomic E-state index is 13.9. The fourth-order valence-electron chi connectivity index (χ4n) is 3.88. The van der Waals surface area contributed by atoms with Crippen LogP contribution in [-0.4, -0.2) is 57.8 Å². The molecule has 2 aromatic rings. The molecule has 2 saturated heterocycles. The number of piperidine rings is 1. The van der Waals surface area contributed by atoms with Crippen LogP contribution in [0.25, 0.3) is 0 Å². The lowest BCUT2D eigenvalue weighted by Crippen LogP contribution is -2.57. The Morgan fingerprint density at radius 3 is 2.96 bits per heavy atom. The highest BCUT2D eigenvalue weighted by Gasteiger charge is 2.31. The number of fused-ring (bicyclic) bond motifs is 1. The molecule has 6 nitrogen and oxygen atoms in total. The Balaban J connectivity index is 1.41. The molecule has 7 heteroatoms. The molecule has 0 saturated carbocycles. The van der Waals surface area contributed by atoms with Gasteiger partial charge in [-0.1, -0.05) is 24.6 Å². The van der Waals surface area contributed by atoms with Gasteiger partial charge in [0.1, 0.15) is 11.6 Å². The number of nitrogens with zero attached hydrogens (tertiary/aromatic N) is 4. The molecule has 1 N–H and O–H groups in total. The Morgan fingerprint density at radius 2 is 2.08 bits per heavy atom. The van der Waals surface area contributed by atoms with E-state index in [1.54, 1.807) is 35.1 Å². The first-order valence-corrected chi connectivity index (χ1v) is 9.26. The van der Waals surface area contributed by atoms with Gasteiger partial charge in [0.05, 0.1) is 12.7 Å². The van der Waals surface area contributed by atoms with Crippen LogP contribution in [0.4, 0.5) is 15.0 Å². The number of benzene rings is 1. The second-order valence-corrected chi connectivity index (χ2v) is 7.03. The van der Waals surface area contributed by atoms with Crippen molar-refractivity contribution in [1.29, 1.82) is 0 Å². The number of carbonyl (C=O) groups excluding carboxylic acids is 1. The summed E-state index contributed by atoms with van der Waals surface area (Å²) in [4.78, 5) is 17.1. The van der Waals surface area contributed by atoms with Crippen molar-refractivity contribution in [3.8, 4) is 0 Å². The molecule has 2 aliphatic heterocycles. The second-order valence-electron chi connectivity index (χ2n) is 7.03. The fourth-order valence-corrected chi connectivity index (χ4v) is 3.88. The smallest absolute Gasteiger partial charge is 0.322 e. The summed E-state index contributed by atoms with van der Waals surface area (Å²) in [7, 11) is 0. The van der Waals surface area contributed by atoms with Crippen molar-refractivity contribution >= 4 is 11.8 Å². The summed E-state index contributed by atoms with van der Waals surface area (Å²) in [6.07, 6.45) is 5.29. The number of anilines is 1. The highest BCUT2D eigenvalue weighted by Crippen LogP contribution is 2.22. The van der Waals surface area contributed by atoms with E-state index in [1.165, 1.54) is 18.9 Å². The van der Waals surface area contributed by atoms with E-state index in [4.69, 9.17) is 0 Å². The van der Waals surface area contributed by atoms with Gasteiger partial charge in [-0.15, -0.1) is 0 Å². The van der Waals surface area contributed by atoms with Crippen LogP contribution in [-0.2, 0) is 6.54 Å². The third-order valence-corrected chi connectivity index (χ3v) is 5.35. The summed E-state index contributed by atoms with van der Waals surface area (Å²) >= 11 is 0.